The number of thiazole rings is 1. The molecule has 0 bridgehead atoms. The third kappa shape index (κ3) is 2.33. The molecule has 0 spiro atoms. The molecule has 0 aliphatic heterocycles. The van der Waals surface area contributed by atoms with Crippen LogP contribution >= 0.6 is 11.3 Å². The summed E-state index contributed by atoms with van der Waals surface area (Å²) in [5.74, 6) is 0.658. The first kappa shape index (κ1) is 11.9. The van der Waals surface area contributed by atoms with Crippen LogP contribution in [-0.4, -0.2) is 19.7 Å². The number of benzene rings is 1. The second-order valence-corrected chi connectivity index (χ2v) is 7.52. The van der Waals surface area contributed by atoms with Crippen molar-refractivity contribution in [3.05, 3.63) is 35.3 Å². The molecule has 1 saturated carbocycles. The number of aromatic nitrogens is 1. The van der Waals surface area contributed by atoms with Crippen LogP contribution in [0, 0.1) is 0 Å². The topological polar surface area (TPSA) is 47.0 Å². The van der Waals surface area contributed by atoms with Crippen molar-refractivity contribution >= 4 is 21.2 Å². The Balaban J connectivity index is 1.91. The average molecular weight is 279 g/mol. The van der Waals surface area contributed by atoms with Crippen molar-refractivity contribution in [3.8, 4) is 10.6 Å². The van der Waals surface area contributed by atoms with Gasteiger partial charge in [0.05, 0.1) is 10.6 Å². The molecular weight excluding hydrogens is 266 g/mol. The summed E-state index contributed by atoms with van der Waals surface area (Å²) < 4.78 is 22.7. The lowest BCUT2D eigenvalue weighted by molar-refractivity contribution is 0.602. The number of hydrogen-bond acceptors (Lipinski definition) is 4. The van der Waals surface area contributed by atoms with E-state index in [4.69, 9.17) is 0 Å². The van der Waals surface area contributed by atoms with Crippen molar-refractivity contribution < 1.29 is 8.42 Å². The Morgan fingerprint density at radius 2 is 1.89 bits per heavy atom. The third-order valence-corrected chi connectivity index (χ3v) is 5.09. The van der Waals surface area contributed by atoms with Crippen LogP contribution in [0.3, 0.4) is 0 Å². The Hall–Kier alpha value is -1.20. The summed E-state index contributed by atoms with van der Waals surface area (Å²) in [4.78, 5) is 4.96. The van der Waals surface area contributed by atoms with Gasteiger partial charge in [0.25, 0.3) is 0 Å². The Bertz CT molecular complexity index is 667. The van der Waals surface area contributed by atoms with Gasteiger partial charge in [0, 0.05) is 23.1 Å². The van der Waals surface area contributed by atoms with Gasteiger partial charge in [-0.25, -0.2) is 13.4 Å². The SMILES string of the molecule is CS(=O)(=O)c1ccc(-c2nc(C3CC3)cs2)cc1. The number of nitrogens with zero attached hydrogens (tertiary/aromatic N) is 1. The summed E-state index contributed by atoms with van der Waals surface area (Å²) in [5.41, 5.74) is 2.17. The molecule has 94 valence electrons. The molecule has 0 amide bonds. The minimum atomic E-state index is -3.12. The van der Waals surface area contributed by atoms with E-state index in [1.807, 2.05) is 12.1 Å². The highest BCUT2D eigenvalue weighted by atomic mass is 32.2. The second-order valence-electron chi connectivity index (χ2n) is 4.65. The van der Waals surface area contributed by atoms with Crippen LogP contribution in [0.25, 0.3) is 10.6 Å². The van der Waals surface area contributed by atoms with Gasteiger partial charge < -0.3 is 0 Å². The lowest BCUT2D eigenvalue weighted by Crippen LogP contribution is -1.96. The Morgan fingerprint density at radius 3 is 2.44 bits per heavy atom. The van der Waals surface area contributed by atoms with Crippen molar-refractivity contribution in [3.63, 3.8) is 0 Å². The van der Waals surface area contributed by atoms with Gasteiger partial charge in [-0.3, -0.25) is 0 Å². The first-order chi connectivity index (χ1) is 8.54. The van der Waals surface area contributed by atoms with E-state index >= 15 is 0 Å². The maximum Gasteiger partial charge on any atom is 0.175 e. The van der Waals surface area contributed by atoms with E-state index in [1.165, 1.54) is 24.8 Å². The minimum Gasteiger partial charge on any atom is -0.241 e. The number of hydrogen-bond donors (Lipinski definition) is 0. The predicted octanol–water partition coefficient (Wildman–Crippen LogP) is 3.09. The number of rotatable bonds is 3. The van der Waals surface area contributed by atoms with Gasteiger partial charge in [-0.05, 0) is 25.0 Å². The molecule has 1 aliphatic carbocycles. The van der Waals surface area contributed by atoms with E-state index in [2.05, 4.69) is 10.4 Å². The highest BCUT2D eigenvalue weighted by Crippen LogP contribution is 2.41. The lowest BCUT2D eigenvalue weighted by atomic mass is 10.2. The van der Waals surface area contributed by atoms with Crippen molar-refractivity contribution in [1.82, 2.24) is 4.98 Å². The highest BCUT2D eigenvalue weighted by Gasteiger charge is 2.26. The van der Waals surface area contributed by atoms with Crippen molar-refractivity contribution in [2.24, 2.45) is 0 Å². The summed E-state index contributed by atoms with van der Waals surface area (Å²) in [6.07, 6.45) is 3.71. The molecule has 5 heteroatoms. The molecule has 18 heavy (non-hydrogen) atoms. The molecule has 1 fully saturated rings. The minimum absolute atomic E-state index is 0.352. The van der Waals surface area contributed by atoms with Gasteiger partial charge in [0.1, 0.15) is 5.01 Å². The average Bonchev–Trinajstić information content (AvgIpc) is 3.06. The van der Waals surface area contributed by atoms with Gasteiger partial charge in [-0.1, -0.05) is 12.1 Å². The van der Waals surface area contributed by atoms with Gasteiger partial charge in [-0.15, -0.1) is 11.3 Å². The highest BCUT2D eigenvalue weighted by molar-refractivity contribution is 7.90. The smallest absolute Gasteiger partial charge is 0.175 e. The van der Waals surface area contributed by atoms with Crippen LogP contribution in [0.15, 0.2) is 34.5 Å². The summed E-state index contributed by atoms with van der Waals surface area (Å²) in [5, 5.41) is 3.08. The van der Waals surface area contributed by atoms with Crippen LogP contribution in [0.4, 0.5) is 0 Å². The summed E-state index contributed by atoms with van der Waals surface area (Å²) in [6.45, 7) is 0. The van der Waals surface area contributed by atoms with Gasteiger partial charge in [-0.2, -0.15) is 0 Å². The first-order valence-corrected chi connectivity index (χ1v) is 8.57. The number of sulfone groups is 1. The Labute approximate surface area is 110 Å². The fraction of sp³-hybridized carbons (Fsp3) is 0.308. The Morgan fingerprint density at radius 1 is 1.22 bits per heavy atom. The van der Waals surface area contributed by atoms with Crippen molar-refractivity contribution in [1.29, 1.82) is 0 Å². The Kier molecular flexibility index (Phi) is 2.75. The fourth-order valence-corrected chi connectivity index (χ4v) is 3.37. The van der Waals surface area contributed by atoms with Gasteiger partial charge in [0.2, 0.25) is 0 Å². The predicted molar refractivity (Wildman–Crippen MR) is 72.6 cm³/mol. The van der Waals surface area contributed by atoms with Crippen LogP contribution in [0.2, 0.25) is 0 Å². The molecule has 0 radical (unpaired) electrons. The van der Waals surface area contributed by atoms with Crippen LogP contribution < -0.4 is 0 Å². The van der Waals surface area contributed by atoms with Crippen molar-refractivity contribution in [2.45, 2.75) is 23.7 Å². The normalized spacial score (nSPS) is 15.8. The second kappa shape index (κ2) is 4.17. The molecular formula is C13H13NO2S2. The standard InChI is InChI=1S/C13H13NO2S2/c1-18(15,16)11-6-4-10(5-7-11)13-14-12(8-17-13)9-2-3-9/h4-9H,2-3H2,1H3. The van der Waals surface area contributed by atoms with Crippen LogP contribution in [-0.2, 0) is 9.84 Å². The molecule has 2 aromatic rings. The van der Waals surface area contributed by atoms with E-state index in [9.17, 15) is 8.42 Å². The zero-order valence-corrected chi connectivity index (χ0v) is 11.6. The maximum absolute atomic E-state index is 11.4. The largest absolute Gasteiger partial charge is 0.241 e. The molecule has 1 aromatic carbocycles. The molecule has 0 atom stereocenters. The zero-order valence-electron chi connectivity index (χ0n) is 9.96. The lowest BCUT2D eigenvalue weighted by Gasteiger charge is -1.99. The fourth-order valence-electron chi connectivity index (χ4n) is 1.83. The quantitative estimate of drug-likeness (QED) is 0.867. The van der Waals surface area contributed by atoms with E-state index in [-0.39, 0.29) is 0 Å². The van der Waals surface area contributed by atoms with Gasteiger partial charge in [0.15, 0.2) is 9.84 Å². The van der Waals surface area contributed by atoms with Crippen molar-refractivity contribution in [2.75, 3.05) is 6.26 Å². The summed E-state index contributed by atoms with van der Waals surface area (Å²) >= 11 is 1.62. The summed E-state index contributed by atoms with van der Waals surface area (Å²) in [7, 11) is -3.12. The molecule has 0 saturated heterocycles. The van der Waals surface area contributed by atoms with E-state index in [1.54, 1.807) is 23.5 Å². The zero-order chi connectivity index (χ0) is 12.8. The molecule has 1 aromatic heterocycles. The molecule has 0 unspecified atom stereocenters. The first-order valence-electron chi connectivity index (χ1n) is 5.80. The summed E-state index contributed by atoms with van der Waals surface area (Å²) in [6, 6.07) is 6.93. The molecule has 3 rings (SSSR count). The van der Waals surface area contributed by atoms with E-state index < -0.39 is 9.84 Å². The molecule has 3 nitrogen and oxygen atoms in total. The third-order valence-electron chi connectivity index (χ3n) is 3.05. The van der Waals surface area contributed by atoms with Crippen LogP contribution in [0.1, 0.15) is 24.5 Å². The monoisotopic (exact) mass is 279 g/mol. The molecule has 0 N–H and O–H groups in total. The van der Waals surface area contributed by atoms with E-state index in [0.29, 0.717) is 10.8 Å². The molecule has 1 heterocycles. The van der Waals surface area contributed by atoms with Crippen LogP contribution in [0.5, 0.6) is 0 Å². The van der Waals surface area contributed by atoms with E-state index in [0.717, 1.165) is 10.6 Å². The molecule has 1 aliphatic rings. The maximum atomic E-state index is 11.4. The van der Waals surface area contributed by atoms with Gasteiger partial charge >= 0.3 is 0 Å².